The van der Waals surface area contributed by atoms with Crippen LogP contribution in [0.5, 0.6) is 5.75 Å². The molecule has 0 fully saturated rings. The average molecular weight is 335 g/mol. The molecule has 0 spiro atoms. The number of carbonyl (C=O) groups is 1. The van der Waals surface area contributed by atoms with Gasteiger partial charge in [0.2, 0.25) is 0 Å². The fourth-order valence-electron chi connectivity index (χ4n) is 1.99. The molecular formula is C15H17N3O4S. The Labute approximate surface area is 134 Å². The van der Waals surface area contributed by atoms with Gasteiger partial charge in [0.15, 0.2) is 0 Å². The molecule has 8 heteroatoms. The summed E-state index contributed by atoms with van der Waals surface area (Å²) in [5.41, 5.74) is 3.30. The number of anilines is 1. The van der Waals surface area contributed by atoms with Gasteiger partial charge in [0.05, 0.1) is 17.7 Å². The zero-order valence-electron chi connectivity index (χ0n) is 12.7. The van der Waals surface area contributed by atoms with Crippen molar-refractivity contribution in [2.24, 2.45) is 5.84 Å². The van der Waals surface area contributed by atoms with Crippen LogP contribution in [0.15, 0.2) is 47.4 Å². The minimum absolute atomic E-state index is 0.0536. The van der Waals surface area contributed by atoms with Gasteiger partial charge in [0.25, 0.3) is 15.9 Å². The summed E-state index contributed by atoms with van der Waals surface area (Å²) in [5, 5.41) is 0. The Kier molecular flexibility index (Phi) is 4.87. The van der Waals surface area contributed by atoms with Gasteiger partial charge in [0.1, 0.15) is 5.75 Å². The lowest BCUT2D eigenvalue weighted by Gasteiger charge is -2.13. The number of hydrazine groups is 1. The Morgan fingerprint density at radius 3 is 2.57 bits per heavy atom. The summed E-state index contributed by atoms with van der Waals surface area (Å²) in [5.74, 6) is 4.88. The molecule has 23 heavy (non-hydrogen) atoms. The van der Waals surface area contributed by atoms with Gasteiger partial charge >= 0.3 is 0 Å². The number of rotatable bonds is 5. The van der Waals surface area contributed by atoms with Crippen LogP contribution in [0.4, 0.5) is 5.69 Å². The first-order chi connectivity index (χ1) is 10.9. The van der Waals surface area contributed by atoms with E-state index >= 15 is 0 Å². The summed E-state index contributed by atoms with van der Waals surface area (Å²) in [6, 6.07) is 10.7. The quantitative estimate of drug-likeness (QED) is 0.435. The molecule has 122 valence electrons. The predicted octanol–water partition coefficient (Wildman–Crippen LogP) is 1.41. The number of nitrogens with one attached hydrogen (secondary N) is 2. The highest BCUT2D eigenvalue weighted by atomic mass is 32.2. The molecule has 0 unspecified atom stereocenters. The van der Waals surface area contributed by atoms with Crippen LogP contribution in [-0.4, -0.2) is 21.4 Å². The van der Waals surface area contributed by atoms with Crippen LogP contribution in [0.3, 0.4) is 0 Å². The summed E-state index contributed by atoms with van der Waals surface area (Å²) >= 11 is 0. The zero-order valence-corrected chi connectivity index (χ0v) is 13.5. The fraction of sp³-hybridized carbons (Fsp3) is 0.133. The van der Waals surface area contributed by atoms with Crippen LogP contribution >= 0.6 is 0 Å². The molecule has 0 atom stereocenters. The van der Waals surface area contributed by atoms with Gasteiger partial charge < -0.3 is 4.74 Å². The first kappa shape index (κ1) is 16.8. The Morgan fingerprint density at radius 2 is 1.91 bits per heavy atom. The van der Waals surface area contributed by atoms with Crippen molar-refractivity contribution in [2.75, 3.05) is 11.8 Å². The summed E-state index contributed by atoms with van der Waals surface area (Å²) in [6.07, 6.45) is 0. The minimum atomic E-state index is -3.88. The normalized spacial score (nSPS) is 10.9. The van der Waals surface area contributed by atoms with Crippen LogP contribution in [0.25, 0.3) is 0 Å². The van der Waals surface area contributed by atoms with E-state index in [1.165, 1.54) is 31.4 Å². The third-order valence-corrected chi connectivity index (χ3v) is 4.50. The molecular weight excluding hydrogens is 318 g/mol. The number of carbonyl (C=O) groups excluding carboxylic acids is 1. The number of aryl methyl sites for hydroxylation is 1. The maximum Gasteiger partial charge on any atom is 0.265 e. The Hall–Kier alpha value is -2.58. The number of amides is 1. The van der Waals surface area contributed by atoms with Gasteiger partial charge in [-0.15, -0.1) is 0 Å². The van der Waals surface area contributed by atoms with Gasteiger partial charge in [0, 0.05) is 5.56 Å². The third kappa shape index (κ3) is 3.79. The second-order valence-corrected chi connectivity index (χ2v) is 6.49. The van der Waals surface area contributed by atoms with E-state index in [2.05, 4.69) is 4.72 Å². The van der Waals surface area contributed by atoms with E-state index in [4.69, 9.17) is 10.6 Å². The number of benzene rings is 2. The van der Waals surface area contributed by atoms with Gasteiger partial charge in [-0.05, 0) is 42.8 Å². The maximum atomic E-state index is 12.5. The van der Waals surface area contributed by atoms with Crippen molar-refractivity contribution in [1.29, 1.82) is 0 Å². The summed E-state index contributed by atoms with van der Waals surface area (Å²) in [6.45, 7) is 1.84. The number of hydrogen-bond acceptors (Lipinski definition) is 5. The van der Waals surface area contributed by atoms with Crippen molar-refractivity contribution in [3.05, 3.63) is 53.6 Å². The van der Waals surface area contributed by atoms with Gasteiger partial charge in [-0.2, -0.15) is 0 Å². The molecule has 0 saturated carbocycles. The first-order valence-electron chi connectivity index (χ1n) is 6.66. The molecule has 0 heterocycles. The van der Waals surface area contributed by atoms with Gasteiger partial charge in [-0.25, -0.2) is 14.3 Å². The van der Waals surface area contributed by atoms with Crippen LogP contribution in [0.2, 0.25) is 0 Å². The number of nitrogens with two attached hydrogens (primary N) is 1. The predicted molar refractivity (Wildman–Crippen MR) is 86.6 cm³/mol. The lowest BCUT2D eigenvalue weighted by Crippen LogP contribution is -2.30. The van der Waals surface area contributed by atoms with Gasteiger partial charge in [-0.1, -0.05) is 12.1 Å². The lowest BCUT2D eigenvalue weighted by molar-refractivity contribution is 0.0953. The molecule has 2 aromatic rings. The summed E-state index contributed by atoms with van der Waals surface area (Å²) < 4.78 is 32.6. The molecule has 0 aliphatic rings. The van der Waals surface area contributed by atoms with E-state index in [1.54, 1.807) is 12.1 Å². The monoisotopic (exact) mass is 335 g/mol. The van der Waals surface area contributed by atoms with Crippen molar-refractivity contribution in [1.82, 2.24) is 5.43 Å². The average Bonchev–Trinajstić information content (AvgIpc) is 2.54. The van der Waals surface area contributed by atoms with E-state index in [0.29, 0.717) is 11.4 Å². The van der Waals surface area contributed by atoms with E-state index in [1.807, 2.05) is 18.4 Å². The highest BCUT2D eigenvalue weighted by molar-refractivity contribution is 7.92. The molecule has 0 radical (unpaired) electrons. The number of ether oxygens (including phenoxy) is 1. The SMILES string of the molecule is COc1ccc(C)cc1NS(=O)(=O)c1cccc(C(=O)NN)c1. The van der Waals surface area contributed by atoms with Crippen LogP contribution in [-0.2, 0) is 10.0 Å². The number of nitrogen functional groups attached to an aromatic ring is 1. The third-order valence-electron chi connectivity index (χ3n) is 3.14. The maximum absolute atomic E-state index is 12.5. The van der Waals surface area contributed by atoms with Gasteiger partial charge in [-0.3, -0.25) is 14.9 Å². The minimum Gasteiger partial charge on any atom is -0.495 e. The second-order valence-electron chi connectivity index (χ2n) is 4.81. The van der Waals surface area contributed by atoms with Crippen LogP contribution < -0.4 is 20.7 Å². The van der Waals surface area contributed by atoms with E-state index in [-0.39, 0.29) is 10.5 Å². The van der Waals surface area contributed by atoms with Crippen molar-refractivity contribution in [2.45, 2.75) is 11.8 Å². The molecule has 4 N–H and O–H groups in total. The number of sulfonamides is 1. The topological polar surface area (TPSA) is 111 Å². The van der Waals surface area contributed by atoms with E-state index in [0.717, 1.165) is 5.56 Å². The Bertz CT molecular complexity index is 834. The van der Waals surface area contributed by atoms with Crippen LogP contribution in [0, 0.1) is 6.92 Å². The van der Waals surface area contributed by atoms with E-state index in [9.17, 15) is 13.2 Å². The molecule has 0 saturated heterocycles. The Morgan fingerprint density at radius 1 is 1.17 bits per heavy atom. The van der Waals surface area contributed by atoms with Crippen molar-refractivity contribution in [3.8, 4) is 5.75 Å². The summed E-state index contributed by atoms with van der Waals surface area (Å²) in [4.78, 5) is 11.5. The highest BCUT2D eigenvalue weighted by Crippen LogP contribution is 2.27. The molecule has 0 aromatic heterocycles. The molecule has 1 amide bonds. The van der Waals surface area contributed by atoms with Crippen molar-refractivity contribution >= 4 is 21.6 Å². The lowest BCUT2D eigenvalue weighted by atomic mass is 10.2. The van der Waals surface area contributed by atoms with Crippen LogP contribution in [0.1, 0.15) is 15.9 Å². The fourth-order valence-corrected chi connectivity index (χ4v) is 3.10. The largest absolute Gasteiger partial charge is 0.495 e. The van der Waals surface area contributed by atoms with Crippen molar-refractivity contribution in [3.63, 3.8) is 0 Å². The van der Waals surface area contributed by atoms with E-state index < -0.39 is 15.9 Å². The smallest absolute Gasteiger partial charge is 0.265 e. The molecule has 7 nitrogen and oxygen atoms in total. The molecule has 2 aromatic carbocycles. The Balaban J connectivity index is 2.40. The molecule has 0 bridgehead atoms. The summed E-state index contributed by atoms with van der Waals surface area (Å²) in [7, 11) is -2.42. The molecule has 0 aliphatic carbocycles. The second kappa shape index (κ2) is 6.67. The first-order valence-corrected chi connectivity index (χ1v) is 8.14. The molecule has 0 aliphatic heterocycles. The molecule has 2 rings (SSSR count). The number of methoxy groups -OCH3 is 1. The van der Waals surface area contributed by atoms with Crippen molar-refractivity contribution < 1.29 is 17.9 Å². The zero-order chi connectivity index (χ0) is 17.0. The number of hydrogen-bond donors (Lipinski definition) is 3. The standard InChI is InChI=1S/C15H17N3O4S/c1-10-6-7-14(22-2)13(8-10)18-23(20,21)12-5-3-4-11(9-12)15(19)17-16/h3-9,18H,16H2,1-2H3,(H,17,19). The highest BCUT2D eigenvalue weighted by Gasteiger charge is 2.18.